The number of alkyl carbamates (subject to hydrolysis) is 2. The molecule has 8 heteroatoms. The highest BCUT2D eigenvalue weighted by molar-refractivity contribution is 5.68. The molecule has 8 nitrogen and oxygen atoms in total. The molecule has 1 aromatic carbocycles. The molecule has 0 unspecified atom stereocenters. The maximum atomic E-state index is 11.8. The van der Waals surface area contributed by atoms with Gasteiger partial charge in [0.05, 0.1) is 0 Å². The maximum Gasteiger partial charge on any atom is 0.407 e. The van der Waals surface area contributed by atoms with Crippen LogP contribution in [0.15, 0.2) is 30.3 Å². The molecule has 0 aliphatic heterocycles. The van der Waals surface area contributed by atoms with Crippen molar-refractivity contribution in [3.8, 4) is 0 Å². The molecule has 37 heavy (non-hydrogen) atoms. The number of carbonyl (C=O) groups excluding carboxylic acids is 2. The van der Waals surface area contributed by atoms with Crippen LogP contribution in [-0.4, -0.2) is 47.6 Å². The lowest BCUT2D eigenvalue weighted by atomic mass is 9.91. The lowest BCUT2D eigenvalue weighted by molar-refractivity contribution is 0.0479. The van der Waals surface area contributed by atoms with Crippen molar-refractivity contribution in [1.29, 1.82) is 0 Å². The first-order valence-electron chi connectivity index (χ1n) is 13.8. The standard InChI is InChI=1S/C18H28N2O2.C11H22N2O2/c1-18(2,3)22-17(21)20-16-11-9-15(10-12-16)19-13-14-7-5-4-6-8-14;1-11(2,3)15-10(14)13-9-6-4-8(12)5-7-9/h4-8,15-16,19H,9-13H2,1-3H3,(H,20,21);8-9H,4-7,12H2,1-3H3,(H,13,14). The zero-order valence-corrected chi connectivity index (χ0v) is 23.8. The third kappa shape index (κ3) is 14.3. The highest BCUT2D eigenvalue weighted by atomic mass is 16.6. The third-order valence-corrected chi connectivity index (χ3v) is 6.38. The van der Waals surface area contributed by atoms with Crippen LogP contribution in [0.1, 0.15) is 98.5 Å². The fourth-order valence-electron chi connectivity index (χ4n) is 4.51. The zero-order valence-electron chi connectivity index (χ0n) is 23.8. The smallest absolute Gasteiger partial charge is 0.407 e. The fraction of sp³-hybridized carbons (Fsp3) is 0.724. The van der Waals surface area contributed by atoms with Crippen molar-refractivity contribution in [2.75, 3.05) is 0 Å². The molecule has 0 heterocycles. The SMILES string of the molecule is CC(C)(C)OC(=O)NC1CCC(N)CC1.CC(C)(C)OC(=O)NC1CCC(NCc2ccccc2)CC1. The lowest BCUT2D eigenvalue weighted by Crippen LogP contribution is -2.43. The van der Waals surface area contributed by atoms with Crippen LogP contribution >= 0.6 is 0 Å². The Morgan fingerprint density at radius 1 is 0.730 bits per heavy atom. The van der Waals surface area contributed by atoms with Crippen LogP contribution in [0.25, 0.3) is 0 Å². The molecule has 1 aromatic rings. The number of benzene rings is 1. The number of amides is 2. The Labute approximate surface area is 223 Å². The van der Waals surface area contributed by atoms with Gasteiger partial charge in [0.1, 0.15) is 11.2 Å². The van der Waals surface area contributed by atoms with Gasteiger partial charge in [0.2, 0.25) is 0 Å². The fourth-order valence-corrected chi connectivity index (χ4v) is 4.51. The summed E-state index contributed by atoms with van der Waals surface area (Å²) >= 11 is 0. The molecule has 2 fully saturated rings. The highest BCUT2D eigenvalue weighted by Crippen LogP contribution is 2.20. The van der Waals surface area contributed by atoms with Gasteiger partial charge in [0, 0.05) is 30.7 Å². The van der Waals surface area contributed by atoms with E-state index in [1.54, 1.807) is 0 Å². The van der Waals surface area contributed by atoms with E-state index in [4.69, 9.17) is 15.2 Å². The second-order valence-electron chi connectivity index (χ2n) is 12.3. The van der Waals surface area contributed by atoms with E-state index in [9.17, 15) is 9.59 Å². The van der Waals surface area contributed by atoms with Crippen LogP contribution < -0.4 is 21.7 Å². The molecule has 0 radical (unpaired) electrons. The predicted molar refractivity (Wildman–Crippen MR) is 148 cm³/mol. The van der Waals surface area contributed by atoms with Crippen molar-refractivity contribution in [2.24, 2.45) is 5.73 Å². The summed E-state index contributed by atoms with van der Waals surface area (Å²) in [5.74, 6) is 0. The Kier molecular flexibility index (Phi) is 12.2. The molecule has 3 rings (SSSR count). The molecule has 0 aromatic heterocycles. The maximum absolute atomic E-state index is 11.8. The molecule has 5 N–H and O–H groups in total. The van der Waals surface area contributed by atoms with Crippen LogP contribution in [0.3, 0.4) is 0 Å². The molecule has 0 spiro atoms. The van der Waals surface area contributed by atoms with Crippen molar-refractivity contribution in [3.63, 3.8) is 0 Å². The Balaban J connectivity index is 0.000000281. The molecule has 0 atom stereocenters. The monoisotopic (exact) mass is 518 g/mol. The van der Waals surface area contributed by atoms with Gasteiger partial charge in [-0.3, -0.25) is 0 Å². The van der Waals surface area contributed by atoms with E-state index < -0.39 is 11.2 Å². The van der Waals surface area contributed by atoms with Gasteiger partial charge >= 0.3 is 12.2 Å². The Morgan fingerprint density at radius 3 is 1.57 bits per heavy atom. The van der Waals surface area contributed by atoms with E-state index in [0.29, 0.717) is 12.1 Å². The van der Waals surface area contributed by atoms with Gasteiger partial charge in [-0.1, -0.05) is 30.3 Å². The first-order valence-corrected chi connectivity index (χ1v) is 13.8. The minimum absolute atomic E-state index is 0.236. The minimum atomic E-state index is -0.432. The second kappa shape index (κ2) is 14.6. The predicted octanol–water partition coefficient (Wildman–Crippen LogP) is 5.39. The largest absolute Gasteiger partial charge is 0.444 e. The number of hydrogen-bond donors (Lipinski definition) is 4. The number of ether oxygens (including phenoxy) is 2. The number of rotatable bonds is 5. The normalized spacial score (nSPS) is 24.2. The van der Waals surface area contributed by atoms with E-state index in [0.717, 1.165) is 57.9 Å². The van der Waals surface area contributed by atoms with E-state index in [1.165, 1.54) is 5.56 Å². The molecule has 2 aliphatic rings. The highest BCUT2D eigenvalue weighted by Gasteiger charge is 2.25. The number of nitrogens with one attached hydrogen (secondary N) is 3. The molecule has 2 aliphatic carbocycles. The number of hydrogen-bond acceptors (Lipinski definition) is 6. The molecule has 0 bridgehead atoms. The van der Waals surface area contributed by atoms with Crippen LogP contribution in [0.4, 0.5) is 9.59 Å². The molecule has 2 amide bonds. The Bertz CT molecular complexity index is 803. The topological polar surface area (TPSA) is 115 Å². The molecular formula is C29H50N4O4. The van der Waals surface area contributed by atoms with Crippen molar-refractivity contribution >= 4 is 12.2 Å². The first-order chi connectivity index (χ1) is 17.3. The molecular weight excluding hydrogens is 468 g/mol. The summed E-state index contributed by atoms with van der Waals surface area (Å²) in [4.78, 5) is 23.2. The molecule has 0 saturated heterocycles. The van der Waals surface area contributed by atoms with Crippen molar-refractivity contribution in [2.45, 2.75) is 135 Å². The van der Waals surface area contributed by atoms with E-state index in [-0.39, 0.29) is 24.3 Å². The summed E-state index contributed by atoms with van der Waals surface area (Å²) in [6, 6.07) is 11.8. The van der Waals surface area contributed by atoms with E-state index in [2.05, 4.69) is 40.2 Å². The average Bonchev–Trinajstić information content (AvgIpc) is 2.79. The van der Waals surface area contributed by atoms with Gasteiger partial charge in [-0.15, -0.1) is 0 Å². The summed E-state index contributed by atoms with van der Waals surface area (Å²) in [6.07, 6.45) is 7.47. The zero-order chi connectivity index (χ0) is 27.5. The van der Waals surface area contributed by atoms with Gasteiger partial charge in [0.25, 0.3) is 0 Å². The summed E-state index contributed by atoms with van der Waals surface area (Å²) in [5.41, 5.74) is 6.25. The van der Waals surface area contributed by atoms with E-state index in [1.807, 2.05) is 47.6 Å². The van der Waals surface area contributed by atoms with Gasteiger partial charge in [-0.25, -0.2) is 9.59 Å². The van der Waals surface area contributed by atoms with Gasteiger partial charge in [-0.2, -0.15) is 0 Å². The summed E-state index contributed by atoms with van der Waals surface area (Å²) < 4.78 is 10.5. The molecule has 2 saturated carbocycles. The van der Waals surface area contributed by atoms with Crippen molar-refractivity contribution in [3.05, 3.63) is 35.9 Å². The average molecular weight is 519 g/mol. The van der Waals surface area contributed by atoms with Gasteiger partial charge in [0.15, 0.2) is 0 Å². The van der Waals surface area contributed by atoms with Crippen LogP contribution in [0.5, 0.6) is 0 Å². The van der Waals surface area contributed by atoms with Gasteiger partial charge < -0.3 is 31.2 Å². The minimum Gasteiger partial charge on any atom is -0.444 e. The number of nitrogens with two attached hydrogens (primary N) is 1. The van der Waals surface area contributed by atoms with Crippen LogP contribution in [0, 0.1) is 0 Å². The van der Waals surface area contributed by atoms with E-state index >= 15 is 0 Å². The van der Waals surface area contributed by atoms with Gasteiger partial charge in [-0.05, 0) is 98.5 Å². The second-order valence-corrected chi connectivity index (χ2v) is 12.3. The number of carbonyl (C=O) groups is 2. The summed E-state index contributed by atoms with van der Waals surface area (Å²) in [6.45, 7) is 12.2. The summed E-state index contributed by atoms with van der Waals surface area (Å²) in [5, 5.41) is 9.47. The molecule has 210 valence electrons. The Morgan fingerprint density at radius 2 is 1.14 bits per heavy atom. The third-order valence-electron chi connectivity index (χ3n) is 6.38. The van der Waals surface area contributed by atoms with Crippen LogP contribution in [0.2, 0.25) is 0 Å². The lowest BCUT2D eigenvalue weighted by Gasteiger charge is -2.30. The van der Waals surface area contributed by atoms with Crippen LogP contribution in [-0.2, 0) is 16.0 Å². The Hall–Kier alpha value is -2.32. The summed E-state index contributed by atoms with van der Waals surface area (Å²) in [7, 11) is 0. The van der Waals surface area contributed by atoms with Crippen molar-refractivity contribution in [1.82, 2.24) is 16.0 Å². The van der Waals surface area contributed by atoms with Crippen molar-refractivity contribution < 1.29 is 19.1 Å². The quantitative estimate of drug-likeness (QED) is 0.415. The first kappa shape index (κ1) is 30.9.